The van der Waals surface area contributed by atoms with Gasteiger partial charge in [0.05, 0.1) is 19.3 Å². The zero-order chi connectivity index (χ0) is 23.8. The van der Waals surface area contributed by atoms with Gasteiger partial charge < -0.3 is 24.0 Å². The molecule has 0 spiro atoms. The molecule has 34 heavy (non-hydrogen) atoms. The first-order chi connectivity index (χ1) is 16.6. The van der Waals surface area contributed by atoms with E-state index >= 15 is 0 Å². The molecule has 0 radical (unpaired) electrons. The average Bonchev–Trinajstić information content (AvgIpc) is 3.02. The van der Waals surface area contributed by atoms with E-state index in [4.69, 9.17) is 14.2 Å². The lowest BCUT2D eigenvalue weighted by atomic mass is 9.99. The van der Waals surface area contributed by atoms with Crippen molar-refractivity contribution in [3.05, 3.63) is 59.9 Å². The van der Waals surface area contributed by atoms with Crippen LogP contribution >= 0.6 is 0 Å². The molecule has 2 saturated heterocycles. The Morgan fingerprint density at radius 3 is 2.68 bits per heavy atom. The maximum Gasteiger partial charge on any atom is 0.261 e. The number of rotatable bonds is 8. The number of ether oxygens (including phenoxy) is 3. The van der Waals surface area contributed by atoms with E-state index in [-0.39, 0.29) is 31.1 Å². The number of carbonyl (C=O) groups excluding carboxylic acids is 2. The summed E-state index contributed by atoms with van der Waals surface area (Å²) in [6, 6.07) is 11.4. The lowest BCUT2D eigenvalue weighted by Crippen LogP contribution is -2.43. The van der Waals surface area contributed by atoms with Crippen molar-refractivity contribution in [1.29, 1.82) is 0 Å². The molecule has 1 unspecified atom stereocenters. The van der Waals surface area contributed by atoms with Crippen molar-refractivity contribution in [1.82, 2.24) is 14.8 Å². The highest BCUT2D eigenvalue weighted by atomic mass is 16.5. The molecule has 2 amide bonds. The van der Waals surface area contributed by atoms with Crippen LogP contribution in [0.3, 0.4) is 0 Å². The Labute approximate surface area is 200 Å². The van der Waals surface area contributed by atoms with Crippen LogP contribution in [0.5, 0.6) is 5.75 Å². The second kappa shape index (κ2) is 11.9. The molecule has 0 bridgehead atoms. The lowest BCUT2D eigenvalue weighted by Gasteiger charge is -2.30. The van der Waals surface area contributed by atoms with E-state index in [0.717, 1.165) is 37.2 Å². The molecule has 0 saturated carbocycles. The maximum absolute atomic E-state index is 13.1. The number of benzene rings is 1. The smallest absolute Gasteiger partial charge is 0.261 e. The van der Waals surface area contributed by atoms with Gasteiger partial charge in [0.1, 0.15) is 5.75 Å². The molecule has 0 aliphatic carbocycles. The lowest BCUT2D eigenvalue weighted by molar-refractivity contribution is -0.140. The van der Waals surface area contributed by atoms with E-state index in [9.17, 15) is 9.59 Å². The Morgan fingerprint density at radius 1 is 1.15 bits per heavy atom. The van der Waals surface area contributed by atoms with Crippen molar-refractivity contribution >= 4 is 11.8 Å². The van der Waals surface area contributed by atoms with Gasteiger partial charge in [-0.15, -0.1) is 0 Å². The van der Waals surface area contributed by atoms with Crippen molar-refractivity contribution in [3.8, 4) is 5.75 Å². The van der Waals surface area contributed by atoms with E-state index < -0.39 is 0 Å². The van der Waals surface area contributed by atoms with Gasteiger partial charge in [0, 0.05) is 45.2 Å². The van der Waals surface area contributed by atoms with Crippen LogP contribution in [0.15, 0.2) is 48.8 Å². The molecule has 4 rings (SSSR count). The number of carbonyl (C=O) groups is 2. The Hall–Kier alpha value is -2.97. The second-order valence-corrected chi connectivity index (χ2v) is 9.02. The molecule has 2 aliphatic heterocycles. The number of aromatic nitrogens is 1. The van der Waals surface area contributed by atoms with E-state index in [1.165, 1.54) is 0 Å². The summed E-state index contributed by atoms with van der Waals surface area (Å²) in [5, 5.41) is 0. The van der Waals surface area contributed by atoms with Gasteiger partial charge in [-0.05, 0) is 49.4 Å². The molecular formula is C26H33N3O5. The van der Waals surface area contributed by atoms with Gasteiger partial charge in [-0.25, -0.2) is 0 Å². The summed E-state index contributed by atoms with van der Waals surface area (Å²) in [6.07, 6.45) is 5.07. The minimum atomic E-state index is -0.296. The molecule has 182 valence electrons. The van der Waals surface area contributed by atoms with E-state index in [1.807, 2.05) is 48.2 Å². The van der Waals surface area contributed by atoms with Crippen LogP contribution in [0.25, 0.3) is 0 Å². The Balaban J connectivity index is 1.41. The number of aryl methyl sites for hydroxylation is 1. The van der Waals surface area contributed by atoms with Gasteiger partial charge in [0.25, 0.3) is 5.91 Å². The third-order valence-electron chi connectivity index (χ3n) is 6.29. The topological polar surface area (TPSA) is 81.2 Å². The first-order valence-electron chi connectivity index (χ1n) is 11.9. The van der Waals surface area contributed by atoms with Crippen LogP contribution < -0.4 is 4.74 Å². The predicted octanol–water partition coefficient (Wildman–Crippen LogP) is 2.45. The van der Waals surface area contributed by atoms with Crippen LogP contribution in [0.2, 0.25) is 0 Å². The van der Waals surface area contributed by atoms with Gasteiger partial charge in [-0.1, -0.05) is 23.8 Å². The monoisotopic (exact) mass is 467 g/mol. The highest BCUT2D eigenvalue weighted by Gasteiger charge is 2.32. The van der Waals surface area contributed by atoms with Gasteiger partial charge in [-0.2, -0.15) is 0 Å². The highest BCUT2D eigenvalue weighted by Crippen LogP contribution is 2.19. The van der Waals surface area contributed by atoms with Crippen LogP contribution in [-0.2, 0) is 25.7 Å². The summed E-state index contributed by atoms with van der Waals surface area (Å²) in [7, 11) is 0. The second-order valence-electron chi connectivity index (χ2n) is 9.02. The Kier molecular flexibility index (Phi) is 8.49. The molecule has 2 aliphatic rings. The number of hydrogen-bond donors (Lipinski definition) is 0. The summed E-state index contributed by atoms with van der Waals surface area (Å²) in [4.78, 5) is 33.7. The van der Waals surface area contributed by atoms with Crippen molar-refractivity contribution in [2.45, 2.75) is 32.5 Å². The van der Waals surface area contributed by atoms with Crippen LogP contribution in [0.1, 0.15) is 24.0 Å². The molecule has 2 fully saturated rings. The van der Waals surface area contributed by atoms with E-state index in [0.29, 0.717) is 37.9 Å². The molecule has 0 N–H and O–H groups in total. The fraction of sp³-hybridized carbons (Fsp3) is 0.500. The summed E-state index contributed by atoms with van der Waals surface area (Å²) in [5.41, 5.74) is 2.07. The normalized spacial score (nSPS) is 19.7. The number of nitrogens with zero attached hydrogens (tertiary/aromatic N) is 3. The molecule has 1 aromatic carbocycles. The highest BCUT2D eigenvalue weighted by molar-refractivity contribution is 5.86. The zero-order valence-electron chi connectivity index (χ0n) is 19.7. The first kappa shape index (κ1) is 24.2. The fourth-order valence-electron chi connectivity index (χ4n) is 4.26. The predicted molar refractivity (Wildman–Crippen MR) is 126 cm³/mol. The Morgan fingerprint density at radius 2 is 1.94 bits per heavy atom. The average molecular weight is 468 g/mol. The van der Waals surface area contributed by atoms with Crippen molar-refractivity contribution in [2.24, 2.45) is 5.92 Å². The van der Waals surface area contributed by atoms with Crippen LogP contribution in [-0.4, -0.2) is 78.7 Å². The van der Waals surface area contributed by atoms with Crippen LogP contribution in [0, 0.1) is 12.8 Å². The summed E-state index contributed by atoms with van der Waals surface area (Å²) in [5.74, 6) is 0.758. The van der Waals surface area contributed by atoms with E-state index in [2.05, 4.69) is 4.98 Å². The van der Waals surface area contributed by atoms with E-state index in [1.54, 1.807) is 17.3 Å². The number of pyridine rings is 1. The molecular weight excluding hydrogens is 434 g/mol. The number of amides is 2. The molecule has 2 aromatic rings. The summed E-state index contributed by atoms with van der Waals surface area (Å²) < 4.78 is 17.3. The molecule has 1 aromatic heterocycles. The third kappa shape index (κ3) is 7.01. The zero-order valence-corrected chi connectivity index (χ0v) is 19.7. The molecule has 8 heteroatoms. The molecule has 3 heterocycles. The quantitative estimate of drug-likeness (QED) is 0.593. The van der Waals surface area contributed by atoms with Crippen molar-refractivity contribution in [3.63, 3.8) is 0 Å². The Bertz CT molecular complexity index is 931. The van der Waals surface area contributed by atoms with Crippen molar-refractivity contribution in [2.75, 3.05) is 46.0 Å². The standard InChI is InChI=1S/C26H33N3O5/c1-20-4-6-23(7-5-20)34-19-26(31)29-16-24(33-18-22-3-2-10-27-13-22)15-28(25(30)17-29)14-21-8-11-32-12-9-21/h2-7,10,13,21,24H,8-9,11-12,14-19H2,1H3. The van der Waals surface area contributed by atoms with Gasteiger partial charge in [-0.3, -0.25) is 14.6 Å². The minimum absolute atomic E-state index is 0.0338. The minimum Gasteiger partial charge on any atom is -0.484 e. The molecule has 8 nitrogen and oxygen atoms in total. The summed E-state index contributed by atoms with van der Waals surface area (Å²) in [6.45, 7) is 5.21. The summed E-state index contributed by atoms with van der Waals surface area (Å²) >= 11 is 0. The first-order valence-corrected chi connectivity index (χ1v) is 11.9. The largest absolute Gasteiger partial charge is 0.484 e. The van der Waals surface area contributed by atoms with Crippen LogP contribution in [0.4, 0.5) is 0 Å². The van der Waals surface area contributed by atoms with Crippen molar-refractivity contribution < 1.29 is 23.8 Å². The van der Waals surface area contributed by atoms with Gasteiger partial charge in [0.2, 0.25) is 5.91 Å². The fourth-order valence-corrected chi connectivity index (χ4v) is 4.26. The number of hydrogen-bond acceptors (Lipinski definition) is 6. The van der Waals surface area contributed by atoms with Gasteiger partial charge >= 0.3 is 0 Å². The SMILES string of the molecule is Cc1ccc(OCC(=O)N2CC(=O)N(CC3CCOCC3)CC(OCc3cccnc3)C2)cc1. The third-order valence-corrected chi connectivity index (χ3v) is 6.29. The molecule has 1 atom stereocenters. The van der Waals surface area contributed by atoms with Gasteiger partial charge in [0.15, 0.2) is 6.61 Å². The maximum atomic E-state index is 13.1.